The highest BCUT2D eigenvalue weighted by Gasteiger charge is 2.35. The molecule has 1 aliphatic rings. The largest absolute Gasteiger partial charge is 0.295 e. The molecule has 0 aliphatic carbocycles. The van der Waals surface area contributed by atoms with Gasteiger partial charge in [-0.2, -0.15) is 0 Å². The summed E-state index contributed by atoms with van der Waals surface area (Å²) < 4.78 is 28.1. The third-order valence-corrected chi connectivity index (χ3v) is 7.89. The smallest absolute Gasteiger partial charge is 0.261 e. The molecule has 1 saturated heterocycles. The van der Waals surface area contributed by atoms with Gasteiger partial charge in [-0.25, -0.2) is 8.42 Å². The predicted molar refractivity (Wildman–Crippen MR) is 127 cm³/mol. The summed E-state index contributed by atoms with van der Waals surface area (Å²) in [5, 5.41) is 0.240. The van der Waals surface area contributed by atoms with Gasteiger partial charge < -0.3 is 0 Å². The number of sulfonamides is 1. The molecule has 1 fully saturated rings. The van der Waals surface area contributed by atoms with E-state index < -0.39 is 10.0 Å². The van der Waals surface area contributed by atoms with Gasteiger partial charge in [-0.15, -0.1) is 11.8 Å². The molecule has 3 aromatic rings. The molecule has 5 nitrogen and oxygen atoms in total. The molecule has 0 radical (unpaired) electrons. The van der Waals surface area contributed by atoms with Crippen molar-refractivity contribution in [3.05, 3.63) is 88.4 Å². The van der Waals surface area contributed by atoms with Crippen LogP contribution in [0.5, 0.6) is 0 Å². The highest BCUT2D eigenvalue weighted by atomic mass is 35.5. The summed E-state index contributed by atoms with van der Waals surface area (Å²) >= 11 is 7.39. The molecule has 0 unspecified atom stereocenters. The monoisotopic (exact) mass is 472 g/mol. The quantitative estimate of drug-likeness (QED) is 0.529. The van der Waals surface area contributed by atoms with Gasteiger partial charge in [0.05, 0.1) is 10.6 Å². The van der Waals surface area contributed by atoms with Crippen LogP contribution in [-0.4, -0.2) is 20.1 Å². The number of amides is 1. The molecule has 160 valence electrons. The second-order valence-corrected chi connectivity index (χ2v) is 10.6. The van der Waals surface area contributed by atoms with Crippen molar-refractivity contribution in [1.82, 2.24) is 0 Å². The van der Waals surface area contributed by atoms with E-state index in [9.17, 15) is 13.2 Å². The molecule has 0 bridgehead atoms. The summed E-state index contributed by atoms with van der Waals surface area (Å²) in [6.45, 7) is 4.01. The predicted octanol–water partition coefficient (Wildman–Crippen LogP) is 5.54. The lowest BCUT2D eigenvalue weighted by atomic mass is 10.1. The first-order valence-corrected chi connectivity index (χ1v) is 12.5. The number of carbonyl (C=O) groups excluding carboxylic acids is 1. The highest BCUT2D eigenvalue weighted by Crippen LogP contribution is 2.43. The van der Waals surface area contributed by atoms with E-state index in [0.29, 0.717) is 16.5 Å². The zero-order chi connectivity index (χ0) is 22.2. The van der Waals surface area contributed by atoms with Crippen molar-refractivity contribution in [2.75, 3.05) is 15.4 Å². The van der Waals surface area contributed by atoms with Crippen molar-refractivity contribution in [2.24, 2.45) is 0 Å². The fraction of sp³-hybridized carbons (Fsp3) is 0.174. The molecule has 0 spiro atoms. The lowest BCUT2D eigenvalue weighted by Crippen LogP contribution is -2.28. The van der Waals surface area contributed by atoms with E-state index in [4.69, 9.17) is 11.6 Å². The second-order valence-electron chi connectivity index (χ2n) is 7.40. The Kier molecular flexibility index (Phi) is 6.01. The number of hydrogen-bond donors (Lipinski definition) is 1. The number of aryl methyl sites for hydroxylation is 2. The fourth-order valence-electron chi connectivity index (χ4n) is 3.59. The third kappa shape index (κ3) is 4.59. The Morgan fingerprint density at radius 3 is 2.48 bits per heavy atom. The first kappa shape index (κ1) is 21.7. The van der Waals surface area contributed by atoms with E-state index in [1.807, 2.05) is 32.0 Å². The number of anilines is 2. The van der Waals surface area contributed by atoms with Gasteiger partial charge in [0.1, 0.15) is 5.37 Å². The van der Waals surface area contributed by atoms with Crippen molar-refractivity contribution >= 4 is 50.7 Å². The molecule has 1 aliphatic heterocycles. The van der Waals surface area contributed by atoms with Gasteiger partial charge in [0.15, 0.2) is 0 Å². The average molecular weight is 473 g/mol. The Labute approximate surface area is 191 Å². The van der Waals surface area contributed by atoms with Gasteiger partial charge in [0, 0.05) is 16.4 Å². The normalized spacial score (nSPS) is 16.5. The Balaban J connectivity index is 1.64. The van der Waals surface area contributed by atoms with Crippen molar-refractivity contribution in [1.29, 1.82) is 0 Å². The van der Waals surface area contributed by atoms with Gasteiger partial charge >= 0.3 is 0 Å². The molecular formula is C23H21ClN2O3S2. The summed E-state index contributed by atoms with van der Waals surface area (Å²) in [7, 11) is -3.75. The van der Waals surface area contributed by atoms with Crippen LogP contribution in [0.15, 0.2) is 71.6 Å². The Morgan fingerprint density at radius 1 is 1.03 bits per heavy atom. The van der Waals surface area contributed by atoms with Gasteiger partial charge in [0.25, 0.3) is 10.0 Å². The highest BCUT2D eigenvalue weighted by molar-refractivity contribution is 8.00. The topological polar surface area (TPSA) is 66.5 Å². The lowest BCUT2D eigenvalue weighted by Gasteiger charge is -2.26. The van der Waals surface area contributed by atoms with Gasteiger partial charge in [0.2, 0.25) is 5.91 Å². The Bertz CT molecular complexity index is 1240. The summed E-state index contributed by atoms with van der Waals surface area (Å²) in [4.78, 5) is 14.6. The number of nitrogens with zero attached hydrogens (tertiary/aromatic N) is 1. The zero-order valence-corrected chi connectivity index (χ0v) is 19.4. The van der Waals surface area contributed by atoms with E-state index in [1.165, 1.54) is 36.0 Å². The second kappa shape index (κ2) is 8.57. The first-order chi connectivity index (χ1) is 14.7. The molecule has 1 amide bonds. The lowest BCUT2D eigenvalue weighted by molar-refractivity contribution is -0.115. The summed E-state index contributed by atoms with van der Waals surface area (Å²) in [5.41, 5.74) is 4.33. The number of carbonyl (C=O) groups is 1. The van der Waals surface area contributed by atoms with Crippen molar-refractivity contribution < 1.29 is 13.2 Å². The molecule has 8 heteroatoms. The van der Waals surface area contributed by atoms with Crippen LogP contribution in [0, 0.1) is 13.8 Å². The molecule has 0 aromatic heterocycles. The first-order valence-electron chi connectivity index (χ1n) is 9.64. The minimum atomic E-state index is -3.75. The molecule has 1 atom stereocenters. The zero-order valence-electron chi connectivity index (χ0n) is 17.0. The van der Waals surface area contributed by atoms with Crippen LogP contribution in [0.25, 0.3) is 0 Å². The van der Waals surface area contributed by atoms with Crippen LogP contribution in [0.4, 0.5) is 11.4 Å². The molecule has 31 heavy (non-hydrogen) atoms. The van der Waals surface area contributed by atoms with Gasteiger partial charge in [-0.1, -0.05) is 41.4 Å². The number of rotatable bonds is 5. The minimum absolute atomic E-state index is 0.0362. The number of halogens is 1. The number of benzene rings is 3. The average Bonchev–Trinajstić information content (AvgIpc) is 3.09. The van der Waals surface area contributed by atoms with Crippen LogP contribution in [-0.2, 0) is 14.8 Å². The molecule has 1 heterocycles. The van der Waals surface area contributed by atoms with Crippen LogP contribution >= 0.6 is 23.4 Å². The molecule has 0 saturated carbocycles. The van der Waals surface area contributed by atoms with Crippen LogP contribution in [0.1, 0.15) is 22.1 Å². The summed E-state index contributed by atoms with van der Waals surface area (Å²) in [6, 6.07) is 19.2. The maximum Gasteiger partial charge on any atom is 0.261 e. The molecule has 1 N–H and O–H groups in total. The summed E-state index contributed by atoms with van der Waals surface area (Å²) in [6.07, 6.45) is 0. The minimum Gasteiger partial charge on any atom is -0.295 e. The van der Waals surface area contributed by atoms with E-state index in [-0.39, 0.29) is 16.2 Å². The van der Waals surface area contributed by atoms with E-state index >= 15 is 0 Å². The Morgan fingerprint density at radius 2 is 1.77 bits per heavy atom. The van der Waals surface area contributed by atoms with Crippen molar-refractivity contribution in [2.45, 2.75) is 24.1 Å². The van der Waals surface area contributed by atoms with E-state index in [0.717, 1.165) is 22.4 Å². The van der Waals surface area contributed by atoms with E-state index in [1.54, 1.807) is 23.1 Å². The standard InChI is InChI=1S/C23H21ClN2O3S2/c1-15-6-11-21(16(2)12-15)26-22(27)14-30-23(26)17-4-3-5-19(13-17)25-31(28,29)20-9-7-18(24)8-10-20/h3-13,23,25H,14H2,1-2H3/t23-/m0/s1. The number of thioether (sulfide) groups is 1. The van der Waals surface area contributed by atoms with Crippen LogP contribution in [0.2, 0.25) is 5.02 Å². The van der Waals surface area contributed by atoms with Crippen LogP contribution < -0.4 is 9.62 Å². The molecule has 3 aromatic carbocycles. The summed E-state index contributed by atoms with van der Waals surface area (Å²) in [5.74, 6) is 0.410. The SMILES string of the molecule is Cc1ccc(N2C(=O)CS[C@H]2c2cccc(NS(=O)(=O)c3ccc(Cl)cc3)c2)c(C)c1. The number of hydrogen-bond acceptors (Lipinski definition) is 4. The maximum atomic E-state index is 12.7. The van der Waals surface area contributed by atoms with Crippen LogP contribution in [0.3, 0.4) is 0 Å². The molecule has 4 rings (SSSR count). The Hall–Kier alpha value is -2.48. The fourth-order valence-corrected chi connectivity index (χ4v) is 5.92. The van der Waals surface area contributed by atoms with E-state index in [2.05, 4.69) is 10.8 Å². The maximum absolute atomic E-state index is 12.7. The molecular weight excluding hydrogens is 452 g/mol. The van der Waals surface area contributed by atoms with Gasteiger partial charge in [-0.3, -0.25) is 14.4 Å². The number of nitrogens with one attached hydrogen (secondary N) is 1. The van der Waals surface area contributed by atoms with Crippen molar-refractivity contribution in [3.63, 3.8) is 0 Å². The third-order valence-electron chi connectivity index (χ3n) is 5.03. The van der Waals surface area contributed by atoms with Gasteiger partial charge in [-0.05, 0) is 67.4 Å². The van der Waals surface area contributed by atoms with Crippen molar-refractivity contribution in [3.8, 4) is 0 Å².